The summed E-state index contributed by atoms with van der Waals surface area (Å²) >= 11 is 0. The Bertz CT molecular complexity index is 104. The maximum Gasteiger partial charge on any atom is -0.0334 e. The van der Waals surface area contributed by atoms with E-state index in [1.165, 1.54) is 38.5 Å². The van der Waals surface area contributed by atoms with Gasteiger partial charge in [-0.15, -0.1) is 0 Å². The first kappa shape index (κ1) is 18.4. The van der Waals surface area contributed by atoms with E-state index in [0.717, 1.165) is 0 Å². The third-order valence-corrected chi connectivity index (χ3v) is 5.12. The SMILES string of the molecule is CCC(C)(CC)CC.CCC(C)(CC)CC. The van der Waals surface area contributed by atoms with E-state index >= 15 is 0 Å². The summed E-state index contributed by atoms with van der Waals surface area (Å²) in [6.07, 6.45) is 7.92. The molecule has 0 aliphatic heterocycles. The smallest absolute Gasteiger partial charge is 0.0334 e. The second-order valence-corrected chi connectivity index (χ2v) is 5.74. The number of hydrogen-bond acceptors (Lipinski definition) is 0. The minimum Gasteiger partial charge on any atom is -0.0649 e. The summed E-state index contributed by atoms with van der Waals surface area (Å²) in [4.78, 5) is 0. The van der Waals surface area contributed by atoms with Gasteiger partial charge in [0.15, 0.2) is 0 Å². The molecule has 0 heteroatoms. The van der Waals surface area contributed by atoms with Gasteiger partial charge < -0.3 is 0 Å². The molecule has 0 saturated carbocycles. The highest BCUT2D eigenvalue weighted by molar-refractivity contribution is 4.67. The molecule has 0 saturated heterocycles. The van der Waals surface area contributed by atoms with Gasteiger partial charge in [0.05, 0.1) is 0 Å². The summed E-state index contributed by atoms with van der Waals surface area (Å²) in [5.74, 6) is 0. The lowest BCUT2D eigenvalue weighted by Crippen LogP contribution is -2.10. The van der Waals surface area contributed by atoms with E-state index in [1.54, 1.807) is 0 Å². The van der Waals surface area contributed by atoms with Gasteiger partial charge in [-0.05, 0) is 10.8 Å². The van der Waals surface area contributed by atoms with Crippen molar-refractivity contribution in [2.24, 2.45) is 10.8 Å². The molecule has 0 aliphatic carbocycles. The molecule has 0 spiro atoms. The number of hydrogen-bond donors (Lipinski definition) is 0. The molecule has 0 N–H and O–H groups in total. The first-order valence-electron chi connectivity index (χ1n) is 7.36. The van der Waals surface area contributed by atoms with Crippen molar-refractivity contribution < 1.29 is 0 Å². The van der Waals surface area contributed by atoms with Crippen molar-refractivity contribution in [3.8, 4) is 0 Å². The van der Waals surface area contributed by atoms with E-state index in [2.05, 4.69) is 55.4 Å². The Morgan fingerprint density at radius 1 is 0.438 bits per heavy atom. The Labute approximate surface area is 105 Å². The normalized spacial score (nSPS) is 12.0. The predicted octanol–water partition coefficient (Wildman–Crippen LogP) is 6.45. The molecule has 0 atom stereocenters. The molecule has 0 fully saturated rings. The van der Waals surface area contributed by atoms with Crippen molar-refractivity contribution in [3.05, 3.63) is 0 Å². The minimum absolute atomic E-state index is 0.625. The Hall–Kier alpha value is 0. The quantitative estimate of drug-likeness (QED) is 0.490. The first-order chi connectivity index (χ1) is 7.36. The van der Waals surface area contributed by atoms with Gasteiger partial charge in [-0.3, -0.25) is 0 Å². The molecule has 0 nitrogen and oxygen atoms in total. The molecular weight excluding hydrogens is 192 g/mol. The molecule has 0 bridgehead atoms. The van der Waals surface area contributed by atoms with Crippen LogP contribution in [-0.2, 0) is 0 Å². The molecule has 0 aromatic rings. The predicted molar refractivity (Wildman–Crippen MR) is 78.0 cm³/mol. The van der Waals surface area contributed by atoms with Crippen molar-refractivity contribution >= 4 is 0 Å². The van der Waals surface area contributed by atoms with E-state index in [-0.39, 0.29) is 0 Å². The second kappa shape index (κ2) is 9.07. The molecule has 100 valence electrons. The summed E-state index contributed by atoms with van der Waals surface area (Å²) in [6, 6.07) is 0. The van der Waals surface area contributed by atoms with Crippen molar-refractivity contribution in [1.29, 1.82) is 0 Å². The molecule has 16 heavy (non-hydrogen) atoms. The number of rotatable bonds is 6. The fraction of sp³-hybridized carbons (Fsp3) is 1.00. The summed E-state index contributed by atoms with van der Waals surface area (Å²) in [5, 5.41) is 0. The van der Waals surface area contributed by atoms with Crippen molar-refractivity contribution in [2.45, 2.75) is 93.9 Å². The van der Waals surface area contributed by atoms with Crippen LogP contribution >= 0.6 is 0 Å². The van der Waals surface area contributed by atoms with Gasteiger partial charge >= 0.3 is 0 Å². The summed E-state index contributed by atoms with van der Waals surface area (Å²) in [5.41, 5.74) is 1.25. The lowest BCUT2D eigenvalue weighted by molar-refractivity contribution is 0.286. The standard InChI is InChI=1S/2C8H18/c2*1-5-8(4,6-2)7-3/h2*5-7H2,1-4H3. The molecule has 0 aliphatic rings. The summed E-state index contributed by atoms with van der Waals surface area (Å²) in [6.45, 7) is 18.3. The van der Waals surface area contributed by atoms with Crippen LogP contribution < -0.4 is 0 Å². The highest BCUT2D eigenvalue weighted by Gasteiger charge is 2.15. The van der Waals surface area contributed by atoms with E-state index in [0.29, 0.717) is 10.8 Å². The van der Waals surface area contributed by atoms with Gasteiger partial charge in [0.1, 0.15) is 0 Å². The first-order valence-corrected chi connectivity index (χ1v) is 7.36. The fourth-order valence-corrected chi connectivity index (χ4v) is 1.50. The van der Waals surface area contributed by atoms with Gasteiger partial charge in [0, 0.05) is 0 Å². The van der Waals surface area contributed by atoms with E-state index < -0.39 is 0 Å². The topological polar surface area (TPSA) is 0 Å². The lowest BCUT2D eigenvalue weighted by atomic mass is 9.82. The molecule has 0 radical (unpaired) electrons. The molecule has 0 aromatic heterocycles. The van der Waals surface area contributed by atoms with Crippen molar-refractivity contribution in [1.82, 2.24) is 0 Å². The van der Waals surface area contributed by atoms with E-state index in [9.17, 15) is 0 Å². The van der Waals surface area contributed by atoms with Crippen molar-refractivity contribution in [3.63, 3.8) is 0 Å². The van der Waals surface area contributed by atoms with Crippen LogP contribution in [0.1, 0.15) is 93.9 Å². The molecule has 0 aromatic carbocycles. The van der Waals surface area contributed by atoms with E-state index in [1.807, 2.05) is 0 Å². The monoisotopic (exact) mass is 228 g/mol. The largest absolute Gasteiger partial charge is 0.0649 e. The van der Waals surface area contributed by atoms with Crippen LogP contribution in [0.15, 0.2) is 0 Å². The van der Waals surface area contributed by atoms with Crippen LogP contribution in [0, 0.1) is 10.8 Å². The third kappa shape index (κ3) is 7.30. The maximum atomic E-state index is 2.35. The Morgan fingerprint density at radius 3 is 0.562 bits per heavy atom. The van der Waals surface area contributed by atoms with Crippen LogP contribution in [0.5, 0.6) is 0 Å². The zero-order valence-corrected chi connectivity index (χ0v) is 13.2. The lowest BCUT2D eigenvalue weighted by Gasteiger charge is -2.23. The minimum atomic E-state index is 0.625. The van der Waals surface area contributed by atoms with Crippen LogP contribution in [0.4, 0.5) is 0 Å². The average molecular weight is 228 g/mol. The second-order valence-electron chi connectivity index (χ2n) is 5.74. The zero-order valence-electron chi connectivity index (χ0n) is 13.2. The third-order valence-electron chi connectivity index (χ3n) is 5.12. The Morgan fingerprint density at radius 2 is 0.562 bits per heavy atom. The zero-order chi connectivity index (χ0) is 13.2. The molecule has 0 unspecified atom stereocenters. The van der Waals surface area contributed by atoms with Crippen molar-refractivity contribution in [2.75, 3.05) is 0 Å². The summed E-state index contributed by atoms with van der Waals surface area (Å²) in [7, 11) is 0. The highest BCUT2D eigenvalue weighted by Crippen LogP contribution is 2.29. The van der Waals surface area contributed by atoms with Gasteiger partial charge in [-0.2, -0.15) is 0 Å². The Kier molecular flexibility index (Phi) is 10.4. The highest BCUT2D eigenvalue weighted by atomic mass is 14.2. The fourth-order valence-electron chi connectivity index (χ4n) is 1.50. The molecule has 0 amide bonds. The molecule has 0 heterocycles. The van der Waals surface area contributed by atoms with Gasteiger partial charge in [-0.25, -0.2) is 0 Å². The van der Waals surface area contributed by atoms with Gasteiger partial charge in [0.2, 0.25) is 0 Å². The maximum absolute atomic E-state index is 2.35. The van der Waals surface area contributed by atoms with Gasteiger partial charge in [0.25, 0.3) is 0 Å². The molecular formula is C16H36. The van der Waals surface area contributed by atoms with Crippen LogP contribution in [0.2, 0.25) is 0 Å². The Balaban J connectivity index is 0. The molecule has 0 rings (SSSR count). The van der Waals surface area contributed by atoms with Crippen LogP contribution in [-0.4, -0.2) is 0 Å². The van der Waals surface area contributed by atoms with Gasteiger partial charge in [-0.1, -0.05) is 93.9 Å². The summed E-state index contributed by atoms with van der Waals surface area (Å²) < 4.78 is 0. The van der Waals surface area contributed by atoms with Crippen LogP contribution in [0.25, 0.3) is 0 Å². The van der Waals surface area contributed by atoms with Crippen LogP contribution in [0.3, 0.4) is 0 Å². The van der Waals surface area contributed by atoms with E-state index in [4.69, 9.17) is 0 Å². The average Bonchev–Trinajstić information content (AvgIpc) is 2.37.